The number of nitrogens with two attached hydrogens (primary N) is 1. The number of esters is 1. The van der Waals surface area contributed by atoms with Gasteiger partial charge in [0.25, 0.3) is 0 Å². The number of carbonyl (C=O) groups is 2. The van der Waals surface area contributed by atoms with E-state index in [9.17, 15) is 9.59 Å². The molecule has 0 fully saturated rings. The zero-order valence-corrected chi connectivity index (χ0v) is 11.6. The number of hydrogen-bond acceptors (Lipinski definition) is 5. The van der Waals surface area contributed by atoms with Crippen LogP contribution in [0, 0.1) is 5.92 Å². The fraction of sp³-hybridized carbons (Fsp3) is 0.833. The summed E-state index contributed by atoms with van der Waals surface area (Å²) in [5, 5.41) is 2.61. The van der Waals surface area contributed by atoms with E-state index in [1.165, 1.54) is 7.11 Å². The van der Waals surface area contributed by atoms with Crippen molar-refractivity contribution in [3.05, 3.63) is 0 Å². The third-order valence-corrected chi connectivity index (χ3v) is 2.62. The summed E-state index contributed by atoms with van der Waals surface area (Å²) in [6, 6.07) is -1.29. The molecule has 0 saturated heterocycles. The van der Waals surface area contributed by atoms with Gasteiger partial charge in [0.2, 0.25) is 5.91 Å². The largest absolute Gasteiger partial charge is 0.467 e. The number of rotatable bonds is 8. The molecule has 2 unspecified atom stereocenters. The first kappa shape index (κ1) is 16.9. The molecule has 0 aromatic rings. The van der Waals surface area contributed by atoms with Crippen LogP contribution in [0.5, 0.6) is 0 Å². The van der Waals surface area contributed by atoms with E-state index in [4.69, 9.17) is 10.5 Å². The molecule has 0 rings (SSSR count). The van der Waals surface area contributed by atoms with Gasteiger partial charge in [-0.15, -0.1) is 0 Å². The maximum atomic E-state index is 11.8. The zero-order chi connectivity index (χ0) is 14.1. The highest BCUT2D eigenvalue weighted by Gasteiger charge is 2.26. The molecule has 6 heteroatoms. The van der Waals surface area contributed by atoms with Gasteiger partial charge < -0.3 is 20.5 Å². The fourth-order valence-electron chi connectivity index (χ4n) is 1.46. The van der Waals surface area contributed by atoms with Crippen LogP contribution in [0.2, 0.25) is 0 Å². The SMILES string of the molecule is COCCCC(N)C(=O)NC(C(=O)OC)C(C)C. The van der Waals surface area contributed by atoms with E-state index >= 15 is 0 Å². The predicted octanol–water partition coefficient (Wildman–Crippen LogP) is 0.0541. The van der Waals surface area contributed by atoms with E-state index in [0.717, 1.165) is 0 Å². The number of methoxy groups -OCH3 is 2. The minimum absolute atomic E-state index is 0.0485. The molecule has 2 atom stereocenters. The molecule has 6 nitrogen and oxygen atoms in total. The van der Waals surface area contributed by atoms with E-state index < -0.39 is 18.1 Å². The first-order valence-corrected chi connectivity index (χ1v) is 6.06. The van der Waals surface area contributed by atoms with Gasteiger partial charge >= 0.3 is 5.97 Å². The monoisotopic (exact) mass is 260 g/mol. The van der Waals surface area contributed by atoms with Gasteiger partial charge in [0, 0.05) is 13.7 Å². The summed E-state index contributed by atoms with van der Waals surface area (Å²) in [7, 11) is 2.89. The second-order valence-electron chi connectivity index (χ2n) is 4.49. The van der Waals surface area contributed by atoms with Crippen LogP contribution in [0.1, 0.15) is 26.7 Å². The molecule has 3 N–H and O–H groups in total. The maximum absolute atomic E-state index is 11.8. The van der Waals surface area contributed by atoms with Gasteiger partial charge in [-0.1, -0.05) is 13.8 Å². The summed E-state index contributed by atoms with van der Waals surface area (Å²) in [6.07, 6.45) is 1.22. The second kappa shape index (κ2) is 8.88. The van der Waals surface area contributed by atoms with Gasteiger partial charge in [0.1, 0.15) is 6.04 Å². The fourth-order valence-corrected chi connectivity index (χ4v) is 1.46. The first-order valence-electron chi connectivity index (χ1n) is 6.06. The van der Waals surface area contributed by atoms with Crippen LogP contribution in [0.4, 0.5) is 0 Å². The maximum Gasteiger partial charge on any atom is 0.328 e. The van der Waals surface area contributed by atoms with Crippen molar-refractivity contribution in [3.63, 3.8) is 0 Å². The van der Waals surface area contributed by atoms with E-state index in [-0.39, 0.29) is 11.8 Å². The molecule has 0 bridgehead atoms. The minimum atomic E-state index is -0.657. The van der Waals surface area contributed by atoms with E-state index in [1.54, 1.807) is 7.11 Å². The van der Waals surface area contributed by atoms with Crippen molar-refractivity contribution in [1.29, 1.82) is 0 Å². The molecule has 0 aromatic carbocycles. The lowest BCUT2D eigenvalue weighted by molar-refractivity contribution is -0.146. The highest BCUT2D eigenvalue weighted by Crippen LogP contribution is 2.05. The topological polar surface area (TPSA) is 90.6 Å². The summed E-state index contributed by atoms with van der Waals surface area (Å²) in [5.41, 5.74) is 5.73. The normalized spacial score (nSPS) is 14.1. The van der Waals surface area contributed by atoms with Crippen LogP contribution >= 0.6 is 0 Å². The highest BCUT2D eigenvalue weighted by atomic mass is 16.5. The lowest BCUT2D eigenvalue weighted by Crippen LogP contribution is -2.50. The molecule has 0 aliphatic heterocycles. The van der Waals surface area contributed by atoms with Gasteiger partial charge in [-0.25, -0.2) is 4.79 Å². The van der Waals surface area contributed by atoms with Crippen molar-refractivity contribution in [3.8, 4) is 0 Å². The zero-order valence-electron chi connectivity index (χ0n) is 11.6. The van der Waals surface area contributed by atoms with Crippen LogP contribution in [-0.4, -0.2) is 44.8 Å². The number of ether oxygens (including phenoxy) is 2. The van der Waals surface area contributed by atoms with Crippen molar-refractivity contribution in [1.82, 2.24) is 5.32 Å². The third kappa shape index (κ3) is 5.97. The number of nitrogens with one attached hydrogen (secondary N) is 1. The lowest BCUT2D eigenvalue weighted by Gasteiger charge is -2.21. The minimum Gasteiger partial charge on any atom is -0.467 e. The quantitative estimate of drug-likeness (QED) is 0.475. The second-order valence-corrected chi connectivity index (χ2v) is 4.49. The smallest absolute Gasteiger partial charge is 0.328 e. The Morgan fingerprint density at radius 2 is 1.89 bits per heavy atom. The number of amides is 1. The van der Waals surface area contributed by atoms with E-state index in [1.807, 2.05) is 13.8 Å². The Balaban J connectivity index is 4.28. The van der Waals surface area contributed by atoms with Crippen molar-refractivity contribution in [2.75, 3.05) is 20.8 Å². The first-order chi connectivity index (χ1) is 8.43. The summed E-state index contributed by atoms with van der Waals surface area (Å²) in [4.78, 5) is 23.3. The molecule has 0 spiro atoms. The van der Waals surface area contributed by atoms with E-state index in [0.29, 0.717) is 19.4 Å². The van der Waals surface area contributed by atoms with Crippen LogP contribution in [0.3, 0.4) is 0 Å². The standard InChI is InChI=1S/C12H24N2O4/c1-8(2)10(12(16)18-4)14-11(15)9(13)6-5-7-17-3/h8-10H,5-7,13H2,1-4H3,(H,14,15). The Morgan fingerprint density at radius 3 is 2.33 bits per heavy atom. The molecule has 0 radical (unpaired) electrons. The number of hydrogen-bond donors (Lipinski definition) is 2. The van der Waals surface area contributed by atoms with Gasteiger partial charge in [-0.2, -0.15) is 0 Å². The van der Waals surface area contributed by atoms with Crippen molar-refractivity contribution in [2.24, 2.45) is 11.7 Å². The Bertz CT molecular complexity index is 269. The van der Waals surface area contributed by atoms with E-state index in [2.05, 4.69) is 10.1 Å². The highest BCUT2D eigenvalue weighted by molar-refractivity contribution is 5.87. The van der Waals surface area contributed by atoms with Crippen molar-refractivity contribution < 1.29 is 19.1 Å². The summed E-state index contributed by atoms with van der Waals surface area (Å²) >= 11 is 0. The van der Waals surface area contributed by atoms with Gasteiger partial charge in [-0.05, 0) is 18.8 Å². The predicted molar refractivity (Wildman–Crippen MR) is 67.9 cm³/mol. The van der Waals surface area contributed by atoms with Crippen LogP contribution in [-0.2, 0) is 19.1 Å². The van der Waals surface area contributed by atoms with Crippen LogP contribution in [0.25, 0.3) is 0 Å². The average molecular weight is 260 g/mol. The third-order valence-electron chi connectivity index (χ3n) is 2.62. The molecule has 1 amide bonds. The molecule has 106 valence electrons. The summed E-state index contributed by atoms with van der Waals surface area (Å²) in [6.45, 7) is 4.22. The number of carbonyl (C=O) groups excluding carboxylic acids is 2. The molecule has 0 saturated carbocycles. The van der Waals surface area contributed by atoms with Gasteiger partial charge in [0.05, 0.1) is 13.2 Å². The Hall–Kier alpha value is -1.14. The molecule has 0 aromatic heterocycles. The summed E-state index contributed by atoms with van der Waals surface area (Å²) < 4.78 is 9.52. The van der Waals surface area contributed by atoms with Crippen molar-refractivity contribution in [2.45, 2.75) is 38.8 Å². The molecule has 0 heterocycles. The molecular weight excluding hydrogens is 236 g/mol. The molecule has 18 heavy (non-hydrogen) atoms. The average Bonchev–Trinajstić information content (AvgIpc) is 2.34. The van der Waals surface area contributed by atoms with Crippen LogP contribution in [0.15, 0.2) is 0 Å². The van der Waals surface area contributed by atoms with Crippen LogP contribution < -0.4 is 11.1 Å². The van der Waals surface area contributed by atoms with Crippen molar-refractivity contribution >= 4 is 11.9 Å². The molecule has 0 aliphatic rings. The Kier molecular flexibility index (Phi) is 8.32. The lowest BCUT2D eigenvalue weighted by atomic mass is 10.0. The van der Waals surface area contributed by atoms with Gasteiger partial charge in [0.15, 0.2) is 0 Å². The summed E-state index contributed by atoms with van der Waals surface area (Å²) in [5.74, 6) is -0.842. The Labute approximate surface area is 108 Å². The molecule has 0 aliphatic carbocycles. The Morgan fingerprint density at radius 1 is 1.28 bits per heavy atom. The molecular formula is C12H24N2O4. The van der Waals surface area contributed by atoms with Gasteiger partial charge in [-0.3, -0.25) is 4.79 Å².